The molecule has 84 valence electrons. The van der Waals surface area contributed by atoms with Crippen molar-refractivity contribution in [2.75, 3.05) is 7.11 Å². The number of hydrogen-bond donors (Lipinski definition) is 1. The second kappa shape index (κ2) is 5.47. The van der Waals surface area contributed by atoms with Crippen LogP contribution in [0.3, 0.4) is 0 Å². The van der Waals surface area contributed by atoms with Gasteiger partial charge >= 0.3 is 0 Å². The summed E-state index contributed by atoms with van der Waals surface area (Å²) in [5.74, 6) is -0.00375. The van der Waals surface area contributed by atoms with Gasteiger partial charge in [0, 0.05) is 11.6 Å². The summed E-state index contributed by atoms with van der Waals surface area (Å²) in [4.78, 5) is 0. The predicted molar refractivity (Wildman–Crippen MR) is 60.5 cm³/mol. The molecule has 0 radical (unpaired) electrons. The summed E-state index contributed by atoms with van der Waals surface area (Å²) in [7, 11) is 1.46. The number of benzene rings is 1. The molecule has 1 atom stereocenters. The van der Waals surface area contributed by atoms with Crippen LogP contribution in [0.25, 0.3) is 0 Å². The SMILES string of the molecule is CCCC(O)c1cc(Br)c(F)cc1OC. The van der Waals surface area contributed by atoms with Crippen LogP contribution in [0.1, 0.15) is 31.4 Å². The first-order valence-electron chi connectivity index (χ1n) is 4.81. The summed E-state index contributed by atoms with van der Waals surface area (Å²) in [6.45, 7) is 1.98. The molecule has 0 aromatic heterocycles. The van der Waals surface area contributed by atoms with Crippen molar-refractivity contribution in [1.82, 2.24) is 0 Å². The van der Waals surface area contributed by atoms with Gasteiger partial charge in [-0.1, -0.05) is 13.3 Å². The zero-order valence-electron chi connectivity index (χ0n) is 8.76. The molecule has 0 fully saturated rings. The lowest BCUT2D eigenvalue weighted by molar-refractivity contribution is 0.162. The highest BCUT2D eigenvalue weighted by atomic mass is 79.9. The number of aliphatic hydroxyl groups is 1. The molecule has 0 heterocycles. The first-order valence-corrected chi connectivity index (χ1v) is 5.60. The van der Waals surface area contributed by atoms with Crippen molar-refractivity contribution < 1.29 is 14.2 Å². The van der Waals surface area contributed by atoms with Crippen LogP contribution in [0.4, 0.5) is 4.39 Å². The molecule has 2 nitrogen and oxygen atoms in total. The van der Waals surface area contributed by atoms with Crippen LogP contribution in [0.2, 0.25) is 0 Å². The van der Waals surface area contributed by atoms with E-state index in [0.717, 1.165) is 6.42 Å². The zero-order chi connectivity index (χ0) is 11.4. The van der Waals surface area contributed by atoms with E-state index in [0.29, 0.717) is 22.2 Å². The first-order chi connectivity index (χ1) is 7.10. The van der Waals surface area contributed by atoms with E-state index in [1.165, 1.54) is 13.2 Å². The second-order valence-electron chi connectivity index (χ2n) is 3.31. The van der Waals surface area contributed by atoms with Gasteiger partial charge in [0.25, 0.3) is 0 Å². The number of ether oxygens (including phenoxy) is 1. The van der Waals surface area contributed by atoms with E-state index in [-0.39, 0.29) is 5.82 Å². The van der Waals surface area contributed by atoms with Gasteiger partial charge in [0.1, 0.15) is 11.6 Å². The molecule has 0 amide bonds. The van der Waals surface area contributed by atoms with Crippen LogP contribution in [0, 0.1) is 5.82 Å². The summed E-state index contributed by atoms with van der Waals surface area (Å²) < 4.78 is 18.6. The molecule has 0 bridgehead atoms. The third-order valence-electron chi connectivity index (χ3n) is 2.19. The lowest BCUT2D eigenvalue weighted by Gasteiger charge is -2.14. The van der Waals surface area contributed by atoms with Crippen LogP contribution < -0.4 is 4.74 Å². The van der Waals surface area contributed by atoms with Gasteiger partial charge in [-0.2, -0.15) is 0 Å². The Morgan fingerprint density at radius 2 is 2.20 bits per heavy atom. The van der Waals surface area contributed by atoms with E-state index in [4.69, 9.17) is 4.74 Å². The Hall–Kier alpha value is -0.610. The predicted octanol–water partition coefficient (Wildman–Crippen LogP) is 3.43. The molecule has 1 aromatic carbocycles. The van der Waals surface area contributed by atoms with Crippen LogP contribution in [0.5, 0.6) is 5.75 Å². The van der Waals surface area contributed by atoms with Crippen molar-refractivity contribution in [2.45, 2.75) is 25.9 Å². The Balaban J connectivity index is 3.09. The number of rotatable bonds is 4. The second-order valence-corrected chi connectivity index (χ2v) is 4.17. The molecule has 15 heavy (non-hydrogen) atoms. The molecule has 0 aliphatic carbocycles. The molecular formula is C11H14BrFO2. The molecule has 0 saturated carbocycles. The molecule has 1 N–H and O–H groups in total. The summed E-state index contributed by atoms with van der Waals surface area (Å²) >= 11 is 3.09. The van der Waals surface area contributed by atoms with E-state index >= 15 is 0 Å². The largest absolute Gasteiger partial charge is 0.496 e. The zero-order valence-corrected chi connectivity index (χ0v) is 10.3. The molecule has 0 aliphatic heterocycles. The molecule has 4 heteroatoms. The van der Waals surface area contributed by atoms with E-state index in [2.05, 4.69) is 15.9 Å². The molecular weight excluding hydrogens is 263 g/mol. The Morgan fingerprint density at radius 3 is 2.73 bits per heavy atom. The molecule has 1 unspecified atom stereocenters. The van der Waals surface area contributed by atoms with E-state index < -0.39 is 6.10 Å². The molecule has 1 aromatic rings. The van der Waals surface area contributed by atoms with E-state index in [1.807, 2.05) is 6.92 Å². The first kappa shape index (κ1) is 12.5. The van der Waals surface area contributed by atoms with E-state index in [9.17, 15) is 9.50 Å². The van der Waals surface area contributed by atoms with Crippen LogP contribution in [-0.4, -0.2) is 12.2 Å². The molecule has 1 rings (SSSR count). The smallest absolute Gasteiger partial charge is 0.141 e. The Bertz CT molecular complexity index is 342. The highest BCUT2D eigenvalue weighted by molar-refractivity contribution is 9.10. The fourth-order valence-corrected chi connectivity index (χ4v) is 1.77. The third kappa shape index (κ3) is 2.92. The van der Waals surface area contributed by atoms with Crippen molar-refractivity contribution in [3.8, 4) is 5.75 Å². The number of aliphatic hydroxyl groups excluding tert-OH is 1. The van der Waals surface area contributed by atoms with Crippen LogP contribution in [0.15, 0.2) is 16.6 Å². The summed E-state index contributed by atoms with van der Waals surface area (Å²) in [6, 6.07) is 2.84. The highest BCUT2D eigenvalue weighted by Gasteiger charge is 2.15. The van der Waals surface area contributed by atoms with Crippen molar-refractivity contribution >= 4 is 15.9 Å². The fraction of sp³-hybridized carbons (Fsp3) is 0.455. The summed E-state index contributed by atoms with van der Waals surface area (Å²) in [6.07, 6.45) is 0.884. The normalized spacial score (nSPS) is 12.6. The van der Waals surface area contributed by atoms with Crippen LogP contribution in [-0.2, 0) is 0 Å². The average molecular weight is 277 g/mol. The quantitative estimate of drug-likeness (QED) is 0.913. The maximum absolute atomic E-state index is 13.2. The maximum atomic E-state index is 13.2. The lowest BCUT2D eigenvalue weighted by Crippen LogP contribution is -2.01. The summed E-state index contributed by atoms with van der Waals surface area (Å²) in [5, 5.41) is 9.82. The minimum absolute atomic E-state index is 0.341. The topological polar surface area (TPSA) is 29.5 Å². The van der Waals surface area contributed by atoms with Crippen molar-refractivity contribution in [2.24, 2.45) is 0 Å². The number of halogens is 2. The van der Waals surface area contributed by atoms with E-state index in [1.54, 1.807) is 6.07 Å². The van der Waals surface area contributed by atoms with Gasteiger partial charge in [0.15, 0.2) is 0 Å². The van der Waals surface area contributed by atoms with Crippen molar-refractivity contribution in [3.63, 3.8) is 0 Å². The third-order valence-corrected chi connectivity index (χ3v) is 2.80. The molecule has 0 spiro atoms. The summed E-state index contributed by atoms with van der Waals surface area (Å²) in [5.41, 5.74) is 0.618. The Morgan fingerprint density at radius 1 is 1.53 bits per heavy atom. The fourth-order valence-electron chi connectivity index (χ4n) is 1.41. The van der Waals surface area contributed by atoms with Gasteiger partial charge < -0.3 is 9.84 Å². The minimum atomic E-state index is -0.609. The Labute approximate surface area is 97.2 Å². The lowest BCUT2D eigenvalue weighted by atomic mass is 10.0. The van der Waals surface area contributed by atoms with Gasteiger partial charge in [-0.15, -0.1) is 0 Å². The van der Waals surface area contributed by atoms with Crippen molar-refractivity contribution in [1.29, 1.82) is 0 Å². The van der Waals surface area contributed by atoms with Gasteiger partial charge in [-0.05, 0) is 28.4 Å². The maximum Gasteiger partial charge on any atom is 0.141 e. The van der Waals surface area contributed by atoms with Gasteiger partial charge in [0.05, 0.1) is 17.7 Å². The van der Waals surface area contributed by atoms with Gasteiger partial charge in [0.2, 0.25) is 0 Å². The van der Waals surface area contributed by atoms with Gasteiger partial charge in [-0.25, -0.2) is 4.39 Å². The van der Waals surface area contributed by atoms with Crippen LogP contribution >= 0.6 is 15.9 Å². The number of methoxy groups -OCH3 is 1. The standard InChI is InChI=1S/C11H14BrFO2/c1-3-4-10(14)7-5-8(12)9(13)6-11(7)15-2/h5-6,10,14H,3-4H2,1-2H3. The van der Waals surface area contributed by atoms with Crippen molar-refractivity contribution in [3.05, 3.63) is 28.0 Å². The monoisotopic (exact) mass is 276 g/mol. The van der Waals surface area contributed by atoms with Gasteiger partial charge in [-0.3, -0.25) is 0 Å². The average Bonchev–Trinajstić information content (AvgIpc) is 2.21. The molecule has 0 aliphatic rings. The minimum Gasteiger partial charge on any atom is -0.496 e. The number of hydrogen-bond acceptors (Lipinski definition) is 2. The highest BCUT2D eigenvalue weighted by Crippen LogP contribution is 2.32. The molecule has 0 saturated heterocycles. The Kier molecular flexibility index (Phi) is 4.54.